The average Bonchev–Trinajstić information content (AvgIpc) is 3.47. The van der Waals surface area contributed by atoms with Gasteiger partial charge in [-0.1, -0.05) is 29.3 Å². The zero-order valence-electron chi connectivity index (χ0n) is 20.3. The minimum Gasteiger partial charge on any atom is -0.495 e. The fraction of sp³-hybridized carbons (Fsp3) is 0.154. The van der Waals surface area contributed by atoms with Gasteiger partial charge in [-0.05, 0) is 72.9 Å². The van der Waals surface area contributed by atoms with Crippen LogP contribution in [0.5, 0.6) is 5.75 Å². The molecule has 8 nitrogen and oxygen atoms in total. The maximum Gasteiger partial charge on any atom is 0.229 e. The quantitative estimate of drug-likeness (QED) is 0.267. The molecule has 4 aromatic rings. The van der Waals surface area contributed by atoms with E-state index in [1.54, 1.807) is 30.5 Å². The van der Waals surface area contributed by atoms with Crippen LogP contribution in [0.4, 0.5) is 11.4 Å². The van der Waals surface area contributed by atoms with Crippen LogP contribution in [0, 0.1) is 0 Å². The van der Waals surface area contributed by atoms with Crippen molar-refractivity contribution in [1.82, 2.24) is 14.9 Å². The summed E-state index contributed by atoms with van der Waals surface area (Å²) in [5, 5.41) is 4.90. The van der Waals surface area contributed by atoms with Crippen molar-refractivity contribution in [1.29, 1.82) is 0 Å². The number of rotatable bonds is 7. The van der Waals surface area contributed by atoms with E-state index in [0.29, 0.717) is 32.3 Å². The number of anilines is 2. The number of thiocarbonyl (C=S) groups is 1. The summed E-state index contributed by atoms with van der Waals surface area (Å²) in [5.41, 5.74) is 3.38. The van der Waals surface area contributed by atoms with Crippen molar-refractivity contribution in [3.8, 4) is 11.4 Å². The summed E-state index contributed by atoms with van der Waals surface area (Å²) < 4.78 is 34.0. The summed E-state index contributed by atoms with van der Waals surface area (Å²) in [5.74, 6) is 0.381. The zero-order valence-corrected chi connectivity index (χ0v) is 23.4. The fourth-order valence-corrected chi connectivity index (χ4v) is 5.99. The molecule has 2 N–H and O–H groups in total. The highest BCUT2D eigenvalue weighted by molar-refractivity contribution is 7.92. The van der Waals surface area contributed by atoms with E-state index in [4.69, 9.17) is 40.2 Å². The number of methoxy groups -OCH3 is 1. The lowest BCUT2D eigenvalue weighted by Gasteiger charge is -2.29. The topological polar surface area (TPSA) is 88.5 Å². The third-order valence-electron chi connectivity index (χ3n) is 6.11. The van der Waals surface area contributed by atoms with E-state index in [0.717, 1.165) is 23.3 Å². The average molecular weight is 589 g/mol. The van der Waals surface area contributed by atoms with Crippen molar-refractivity contribution < 1.29 is 13.2 Å². The molecule has 38 heavy (non-hydrogen) atoms. The molecule has 2 aromatic carbocycles. The Balaban J connectivity index is 1.68. The highest BCUT2D eigenvalue weighted by atomic mass is 35.5. The summed E-state index contributed by atoms with van der Waals surface area (Å²) in [7, 11) is -2.08. The third kappa shape index (κ3) is 5.17. The monoisotopic (exact) mass is 587 g/mol. The Bertz CT molecular complexity index is 1610. The van der Waals surface area contributed by atoms with Crippen LogP contribution in [-0.2, 0) is 10.0 Å². The first kappa shape index (κ1) is 26.3. The predicted molar refractivity (Wildman–Crippen MR) is 155 cm³/mol. The van der Waals surface area contributed by atoms with E-state index in [1.165, 1.54) is 7.11 Å². The van der Waals surface area contributed by atoms with Crippen LogP contribution in [0.25, 0.3) is 5.69 Å². The molecular weight excluding hydrogens is 565 g/mol. The van der Waals surface area contributed by atoms with Crippen molar-refractivity contribution in [3.63, 3.8) is 0 Å². The van der Waals surface area contributed by atoms with Crippen LogP contribution in [0.3, 0.4) is 0 Å². The molecule has 2 atom stereocenters. The maximum atomic E-state index is 12.1. The molecule has 0 aliphatic carbocycles. The van der Waals surface area contributed by atoms with Crippen LogP contribution >= 0.6 is 35.4 Å². The molecule has 1 aliphatic heterocycles. The SMILES string of the molecule is COc1ccc(N2C(=S)N[C@@H](c3ccccn3)[C@H]2c2cccn2-c2ccc(Cl)cc2Cl)cc1NS(C)(=O)=O. The number of aromatic nitrogens is 2. The Morgan fingerprint density at radius 1 is 1.08 bits per heavy atom. The van der Waals surface area contributed by atoms with Crippen molar-refractivity contribution in [2.45, 2.75) is 12.1 Å². The molecule has 3 heterocycles. The second-order valence-electron chi connectivity index (χ2n) is 8.65. The number of nitrogens with zero attached hydrogens (tertiary/aromatic N) is 3. The molecule has 196 valence electrons. The first-order chi connectivity index (χ1) is 18.2. The number of halogens is 2. The Hall–Kier alpha value is -3.31. The minimum absolute atomic E-state index is 0.298. The Kier molecular flexibility index (Phi) is 7.23. The number of hydrogen-bond acceptors (Lipinski definition) is 5. The van der Waals surface area contributed by atoms with Gasteiger partial charge in [0.25, 0.3) is 0 Å². The molecule has 2 aromatic heterocycles. The predicted octanol–water partition coefficient (Wildman–Crippen LogP) is 5.74. The minimum atomic E-state index is -3.56. The Morgan fingerprint density at radius 3 is 2.58 bits per heavy atom. The van der Waals surface area contributed by atoms with Gasteiger partial charge < -0.3 is 19.5 Å². The van der Waals surface area contributed by atoms with E-state index in [1.807, 2.05) is 58.1 Å². The molecule has 12 heteroatoms. The van der Waals surface area contributed by atoms with Gasteiger partial charge in [0.2, 0.25) is 10.0 Å². The maximum absolute atomic E-state index is 12.1. The Morgan fingerprint density at radius 2 is 1.89 bits per heavy atom. The second kappa shape index (κ2) is 10.5. The fourth-order valence-electron chi connectivity index (χ4n) is 4.59. The zero-order chi connectivity index (χ0) is 27.0. The van der Waals surface area contributed by atoms with Crippen LogP contribution in [-0.4, -0.2) is 36.4 Å². The highest BCUT2D eigenvalue weighted by Gasteiger charge is 2.42. The van der Waals surface area contributed by atoms with Gasteiger partial charge in [-0.25, -0.2) is 8.42 Å². The number of nitrogens with one attached hydrogen (secondary N) is 2. The molecule has 0 spiro atoms. The van der Waals surface area contributed by atoms with Gasteiger partial charge >= 0.3 is 0 Å². The summed E-state index contributed by atoms with van der Waals surface area (Å²) in [6, 6.07) is 19.5. The lowest BCUT2D eigenvalue weighted by Crippen LogP contribution is -2.30. The Labute approximate surface area is 236 Å². The number of ether oxygens (including phenoxy) is 1. The van der Waals surface area contributed by atoms with Crippen LogP contribution in [0.15, 0.2) is 79.1 Å². The molecule has 1 saturated heterocycles. The molecule has 0 unspecified atom stereocenters. The van der Waals surface area contributed by atoms with Crippen LogP contribution in [0.2, 0.25) is 10.0 Å². The summed E-state index contributed by atoms with van der Waals surface area (Å²) in [6.07, 6.45) is 4.74. The first-order valence-electron chi connectivity index (χ1n) is 11.5. The van der Waals surface area contributed by atoms with Gasteiger partial charge in [-0.2, -0.15) is 0 Å². The largest absolute Gasteiger partial charge is 0.495 e. The summed E-state index contributed by atoms with van der Waals surface area (Å²) >= 11 is 18.6. The number of pyridine rings is 1. The molecular formula is C26H23Cl2N5O3S2. The number of sulfonamides is 1. The van der Waals surface area contributed by atoms with Gasteiger partial charge in [0.1, 0.15) is 11.8 Å². The van der Waals surface area contributed by atoms with Crippen molar-refractivity contribution in [3.05, 3.63) is 101 Å². The molecule has 1 aliphatic rings. The van der Waals surface area contributed by atoms with E-state index < -0.39 is 10.0 Å². The van der Waals surface area contributed by atoms with Gasteiger partial charge in [-0.15, -0.1) is 0 Å². The van der Waals surface area contributed by atoms with Gasteiger partial charge in [0.05, 0.1) is 41.5 Å². The van der Waals surface area contributed by atoms with E-state index in [2.05, 4.69) is 15.0 Å². The van der Waals surface area contributed by atoms with E-state index in [9.17, 15) is 8.42 Å². The molecule has 0 amide bonds. The third-order valence-corrected chi connectivity index (χ3v) is 7.55. The molecule has 5 rings (SSSR count). The molecule has 0 radical (unpaired) electrons. The summed E-state index contributed by atoms with van der Waals surface area (Å²) in [6.45, 7) is 0. The van der Waals surface area contributed by atoms with E-state index in [-0.39, 0.29) is 12.1 Å². The summed E-state index contributed by atoms with van der Waals surface area (Å²) in [4.78, 5) is 6.54. The van der Waals surface area contributed by atoms with Crippen molar-refractivity contribution in [2.75, 3.05) is 23.0 Å². The molecule has 1 fully saturated rings. The first-order valence-corrected chi connectivity index (χ1v) is 14.5. The normalized spacial score (nSPS) is 17.4. The lowest BCUT2D eigenvalue weighted by molar-refractivity contribution is 0.417. The van der Waals surface area contributed by atoms with Crippen LogP contribution in [0.1, 0.15) is 23.5 Å². The van der Waals surface area contributed by atoms with E-state index >= 15 is 0 Å². The standard InChI is InChI=1S/C26H23Cl2N5O3S2/c1-36-23-11-9-17(15-20(23)31-38(2,34)35)33-25(24(30-26(33)37)19-6-3-4-12-29-19)22-7-5-13-32(22)21-10-8-16(27)14-18(21)28/h3-15,24-25,31H,1-2H3,(H,30,37)/t24-,25+/m0/s1. The molecule has 0 saturated carbocycles. The number of hydrogen-bond donors (Lipinski definition) is 2. The van der Waals surface area contributed by atoms with Crippen molar-refractivity contribution in [2.24, 2.45) is 0 Å². The highest BCUT2D eigenvalue weighted by Crippen LogP contribution is 2.44. The van der Waals surface area contributed by atoms with Crippen LogP contribution < -0.4 is 19.7 Å². The lowest BCUT2D eigenvalue weighted by atomic mass is 10.0. The van der Waals surface area contributed by atoms with Gasteiger partial charge in [0, 0.05) is 28.8 Å². The second-order valence-corrected chi connectivity index (χ2v) is 11.6. The smallest absolute Gasteiger partial charge is 0.229 e. The van der Waals surface area contributed by atoms with Gasteiger partial charge in [0.15, 0.2) is 5.11 Å². The molecule has 0 bridgehead atoms. The van der Waals surface area contributed by atoms with Crippen molar-refractivity contribution >= 4 is 61.9 Å². The number of benzene rings is 2. The van der Waals surface area contributed by atoms with Gasteiger partial charge in [-0.3, -0.25) is 9.71 Å².